The molecule has 2 aromatic rings. The summed E-state index contributed by atoms with van der Waals surface area (Å²) in [7, 11) is 1.76. The summed E-state index contributed by atoms with van der Waals surface area (Å²) >= 11 is 3.53. The molecule has 2 heterocycles. The maximum atomic E-state index is 6.19. The summed E-state index contributed by atoms with van der Waals surface area (Å²) in [6, 6.07) is 6.12. The zero-order valence-corrected chi connectivity index (χ0v) is 13.1. The predicted molar refractivity (Wildman–Crippen MR) is 86.1 cm³/mol. The summed E-state index contributed by atoms with van der Waals surface area (Å²) < 4.78 is 6.32. The quantitative estimate of drug-likeness (QED) is 0.936. The Morgan fingerprint density at radius 3 is 3.15 bits per heavy atom. The van der Waals surface area contributed by atoms with Crippen LogP contribution in [0.15, 0.2) is 28.9 Å². The molecule has 0 radical (unpaired) electrons. The molecule has 1 aromatic heterocycles. The highest BCUT2D eigenvalue weighted by atomic mass is 79.9. The highest BCUT2D eigenvalue weighted by Gasteiger charge is 2.25. The third-order valence-electron chi connectivity index (χ3n) is 3.83. The molecule has 0 aliphatic carbocycles. The molecule has 1 unspecified atom stereocenters. The molecule has 2 N–H and O–H groups in total. The van der Waals surface area contributed by atoms with Crippen LogP contribution in [-0.2, 0) is 4.74 Å². The molecule has 0 amide bonds. The van der Waals surface area contributed by atoms with E-state index in [0.29, 0.717) is 5.92 Å². The van der Waals surface area contributed by atoms with Gasteiger partial charge in [-0.15, -0.1) is 0 Å². The molecule has 4 nitrogen and oxygen atoms in total. The van der Waals surface area contributed by atoms with E-state index >= 15 is 0 Å². The van der Waals surface area contributed by atoms with Crippen molar-refractivity contribution in [3.05, 3.63) is 28.9 Å². The molecule has 0 bridgehead atoms. The van der Waals surface area contributed by atoms with Crippen molar-refractivity contribution < 1.29 is 4.74 Å². The molecular formula is C15H18BrN3O. The van der Waals surface area contributed by atoms with Gasteiger partial charge in [0.1, 0.15) is 0 Å². The van der Waals surface area contributed by atoms with Gasteiger partial charge in [0.2, 0.25) is 0 Å². The Kier molecular flexibility index (Phi) is 3.81. The molecule has 1 atom stereocenters. The van der Waals surface area contributed by atoms with Crippen molar-refractivity contribution in [3.63, 3.8) is 0 Å². The second-order valence-electron chi connectivity index (χ2n) is 5.28. The summed E-state index contributed by atoms with van der Waals surface area (Å²) in [5.41, 5.74) is 9.02. The van der Waals surface area contributed by atoms with Crippen LogP contribution in [0.1, 0.15) is 6.42 Å². The second-order valence-corrected chi connectivity index (χ2v) is 6.20. The smallest absolute Gasteiger partial charge is 0.0745 e. The Hall–Kier alpha value is -1.33. The maximum absolute atomic E-state index is 6.19. The van der Waals surface area contributed by atoms with E-state index in [-0.39, 0.29) is 0 Å². The molecule has 1 saturated heterocycles. The minimum absolute atomic E-state index is 0.578. The fourth-order valence-electron chi connectivity index (χ4n) is 2.93. The van der Waals surface area contributed by atoms with Crippen molar-refractivity contribution in [3.8, 4) is 0 Å². The van der Waals surface area contributed by atoms with Crippen molar-refractivity contribution in [2.45, 2.75) is 6.42 Å². The molecular weight excluding hydrogens is 318 g/mol. The molecule has 106 valence electrons. The van der Waals surface area contributed by atoms with Crippen LogP contribution in [-0.4, -0.2) is 31.8 Å². The third kappa shape index (κ3) is 2.47. The molecule has 20 heavy (non-hydrogen) atoms. The zero-order valence-electron chi connectivity index (χ0n) is 11.5. The van der Waals surface area contributed by atoms with E-state index in [0.717, 1.165) is 52.9 Å². The van der Waals surface area contributed by atoms with Crippen LogP contribution >= 0.6 is 15.9 Å². The van der Waals surface area contributed by atoms with E-state index in [2.05, 4.69) is 31.9 Å². The summed E-state index contributed by atoms with van der Waals surface area (Å²) in [6.07, 6.45) is 2.90. The summed E-state index contributed by atoms with van der Waals surface area (Å²) in [4.78, 5) is 6.77. The number of nitrogen functional groups attached to an aromatic ring is 1. The molecule has 1 aliphatic heterocycles. The number of benzene rings is 1. The number of anilines is 2. The first-order chi connectivity index (χ1) is 9.69. The Bertz CT molecular complexity index is 627. The first kappa shape index (κ1) is 13.6. The predicted octanol–water partition coefficient (Wildman–Crippen LogP) is 3.05. The Balaban J connectivity index is 2.02. The Labute approximate surface area is 127 Å². The number of nitrogens with zero attached hydrogens (tertiary/aromatic N) is 2. The van der Waals surface area contributed by atoms with Gasteiger partial charge in [-0.2, -0.15) is 0 Å². The molecule has 5 heteroatoms. The van der Waals surface area contributed by atoms with E-state index < -0.39 is 0 Å². The van der Waals surface area contributed by atoms with Crippen molar-refractivity contribution in [2.24, 2.45) is 5.92 Å². The Morgan fingerprint density at radius 2 is 2.35 bits per heavy atom. The minimum Gasteiger partial charge on any atom is -0.396 e. The lowest BCUT2D eigenvalue weighted by molar-refractivity contribution is 0.161. The van der Waals surface area contributed by atoms with E-state index in [1.807, 2.05) is 12.1 Å². The van der Waals surface area contributed by atoms with Gasteiger partial charge in [-0.1, -0.05) is 15.9 Å². The molecule has 3 rings (SSSR count). The molecule has 1 fully saturated rings. The average molecular weight is 336 g/mol. The largest absolute Gasteiger partial charge is 0.396 e. The van der Waals surface area contributed by atoms with Crippen LogP contribution in [0.5, 0.6) is 0 Å². The van der Waals surface area contributed by atoms with Crippen LogP contribution in [0.2, 0.25) is 0 Å². The lowest BCUT2D eigenvalue weighted by Gasteiger charge is -2.22. The first-order valence-corrected chi connectivity index (χ1v) is 7.56. The van der Waals surface area contributed by atoms with Crippen LogP contribution in [0.4, 0.5) is 11.4 Å². The van der Waals surface area contributed by atoms with Gasteiger partial charge >= 0.3 is 0 Å². The van der Waals surface area contributed by atoms with Gasteiger partial charge in [0.15, 0.2) is 0 Å². The van der Waals surface area contributed by atoms with Gasteiger partial charge in [0.05, 0.1) is 29.7 Å². The summed E-state index contributed by atoms with van der Waals surface area (Å²) in [5.74, 6) is 0.578. The van der Waals surface area contributed by atoms with Crippen molar-refractivity contribution in [1.82, 2.24) is 4.98 Å². The van der Waals surface area contributed by atoms with Gasteiger partial charge in [0.25, 0.3) is 0 Å². The van der Waals surface area contributed by atoms with Crippen molar-refractivity contribution in [2.75, 3.05) is 37.4 Å². The molecule has 1 aromatic carbocycles. The van der Waals surface area contributed by atoms with Crippen LogP contribution in [0.25, 0.3) is 10.9 Å². The van der Waals surface area contributed by atoms with Gasteiger partial charge in [0, 0.05) is 36.0 Å². The van der Waals surface area contributed by atoms with Gasteiger partial charge < -0.3 is 15.4 Å². The number of hydrogen-bond donors (Lipinski definition) is 1. The highest BCUT2D eigenvalue weighted by Crippen LogP contribution is 2.36. The van der Waals surface area contributed by atoms with E-state index in [1.54, 1.807) is 13.3 Å². The molecule has 0 saturated carbocycles. The molecule has 0 spiro atoms. The van der Waals surface area contributed by atoms with E-state index in [1.165, 1.54) is 0 Å². The SMILES string of the molecule is COCC1CCN(c2c(N)cnc3ccc(Br)cc23)C1. The lowest BCUT2D eigenvalue weighted by atomic mass is 10.1. The Morgan fingerprint density at radius 1 is 1.50 bits per heavy atom. The fraction of sp³-hybridized carbons (Fsp3) is 0.400. The number of hydrogen-bond acceptors (Lipinski definition) is 4. The molecule has 1 aliphatic rings. The number of aromatic nitrogens is 1. The zero-order chi connectivity index (χ0) is 14.1. The van der Waals surface area contributed by atoms with Crippen LogP contribution in [0.3, 0.4) is 0 Å². The normalized spacial score (nSPS) is 18.9. The average Bonchev–Trinajstić information content (AvgIpc) is 2.87. The standard InChI is InChI=1S/C15H18BrN3O/c1-20-9-10-4-5-19(8-10)15-12-6-11(16)2-3-14(12)18-7-13(15)17/h2-3,6-7,10H,4-5,8-9,17H2,1H3. The van der Waals surface area contributed by atoms with E-state index in [9.17, 15) is 0 Å². The third-order valence-corrected chi connectivity index (χ3v) is 4.33. The van der Waals surface area contributed by atoms with Gasteiger partial charge in [-0.3, -0.25) is 4.98 Å². The first-order valence-electron chi connectivity index (χ1n) is 6.76. The highest BCUT2D eigenvalue weighted by molar-refractivity contribution is 9.10. The second kappa shape index (κ2) is 5.58. The number of nitrogens with two attached hydrogens (primary N) is 1. The number of halogens is 1. The van der Waals surface area contributed by atoms with Gasteiger partial charge in [-0.05, 0) is 24.6 Å². The monoisotopic (exact) mass is 335 g/mol. The topological polar surface area (TPSA) is 51.4 Å². The lowest BCUT2D eigenvalue weighted by Crippen LogP contribution is -2.22. The fourth-order valence-corrected chi connectivity index (χ4v) is 3.29. The minimum atomic E-state index is 0.578. The number of methoxy groups -OCH3 is 1. The number of ether oxygens (including phenoxy) is 1. The van der Waals surface area contributed by atoms with Gasteiger partial charge in [-0.25, -0.2) is 0 Å². The van der Waals surface area contributed by atoms with Crippen LogP contribution in [0, 0.1) is 5.92 Å². The summed E-state index contributed by atoms with van der Waals surface area (Å²) in [6.45, 7) is 2.82. The maximum Gasteiger partial charge on any atom is 0.0745 e. The number of fused-ring (bicyclic) bond motifs is 1. The van der Waals surface area contributed by atoms with Crippen LogP contribution < -0.4 is 10.6 Å². The number of pyridine rings is 1. The van der Waals surface area contributed by atoms with Crippen molar-refractivity contribution >= 4 is 38.2 Å². The van der Waals surface area contributed by atoms with Crippen molar-refractivity contribution in [1.29, 1.82) is 0 Å². The number of rotatable bonds is 3. The van der Waals surface area contributed by atoms with E-state index in [4.69, 9.17) is 10.5 Å². The summed E-state index contributed by atoms with van der Waals surface area (Å²) in [5, 5.41) is 1.11.